The Bertz CT molecular complexity index is 164. The van der Waals surface area contributed by atoms with Crippen molar-refractivity contribution < 1.29 is 9.18 Å². The van der Waals surface area contributed by atoms with Crippen molar-refractivity contribution in [2.45, 2.75) is 32.0 Å². The first kappa shape index (κ1) is 8.46. The van der Waals surface area contributed by atoms with Crippen LogP contribution in [-0.2, 0) is 4.79 Å². The lowest BCUT2D eigenvalue weighted by atomic mass is 9.96. The Hall–Kier alpha value is -0.640. The molecule has 0 aliphatic carbocycles. The molecule has 2 N–H and O–H groups in total. The molecule has 0 saturated carbocycles. The Morgan fingerprint density at radius 2 is 2.27 bits per heavy atom. The fourth-order valence-electron chi connectivity index (χ4n) is 1.09. The van der Waals surface area contributed by atoms with Crippen LogP contribution in [-0.4, -0.2) is 24.3 Å². The number of carbonyl (C=O) groups is 1. The van der Waals surface area contributed by atoms with E-state index >= 15 is 0 Å². The van der Waals surface area contributed by atoms with Gasteiger partial charge in [0.2, 0.25) is 5.91 Å². The Morgan fingerprint density at radius 1 is 1.64 bits per heavy atom. The number of hydrogen-bond acceptors (Lipinski definition) is 2. The van der Waals surface area contributed by atoms with Gasteiger partial charge < -0.3 is 5.32 Å². The average Bonchev–Trinajstić information content (AvgIpc) is 1.86. The topological polar surface area (TPSA) is 41.1 Å². The van der Waals surface area contributed by atoms with Gasteiger partial charge >= 0.3 is 0 Å². The fraction of sp³-hybridized carbons (Fsp3) is 0.857. The molecule has 11 heavy (non-hydrogen) atoms. The van der Waals surface area contributed by atoms with Crippen molar-refractivity contribution in [1.82, 2.24) is 10.6 Å². The molecule has 1 amide bonds. The van der Waals surface area contributed by atoms with Gasteiger partial charge in [0.25, 0.3) is 0 Å². The monoisotopic (exact) mass is 160 g/mol. The lowest BCUT2D eigenvalue weighted by molar-refractivity contribution is -0.124. The molecule has 0 spiro atoms. The number of rotatable bonds is 1. The molecule has 64 valence electrons. The van der Waals surface area contributed by atoms with Crippen molar-refractivity contribution in [1.29, 1.82) is 0 Å². The van der Waals surface area contributed by atoms with E-state index in [9.17, 15) is 9.18 Å². The molecular formula is C7H13FN2O. The van der Waals surface area contributed by atoms with Gasteiger partial charge in [0, 0.05) is 6.42 Å². The van der Waals surface area contributed by atoms with E-state index in [-0.39, 0.29) is 18.4 Å². The largest absolute Gasteiger partial charge is 0.343 e. The van der Waals surface area contributed by atoms with Crippen LogP contribution in [0.25, 0.3) is 0 Å². The quantitative estimate of drug-likeness (QED) is 0.574. The van der Waals surface area contributed by atoms with Crippen LogP contribution in [0.15, 0.2) is 0 Å². The first-order valence-electron chi connectivity index (χ1n) is 3.69. The second-order valence-corrected chi connectivity index (χ2v) is 3.30. The van der Waals surface area contributed by atoms with Crippen molar-refractivity contribution in [3.05, 3.63) is 0 Å². The molecule has 1 heterocycles. The van der Waals surface area contributed by atoms with Crippen LogP contribution in [0.3, 0.4) is 0 Å². The van der Waals surface area contributed by atoms with Crippen LogP contribution in [0.1, 0.15) is 20.3 Å². The Kier molecular flexibility index (Phi) is 2.13. The van der Waals surface area contributed by atoms with Gasteiger partial charge in [0.15, 0.2) is 0 Å². The second kappa shape index (κ2) is 2.77. The minimum absolute atomic E-state index is 0.0838. The molecule has 0 radical (unpaired) electrons. The molecule has 3 nitrogen and oxygen atoms in total. The third-order valence-corrected chi connectivity index (χ3v) is 1.85. The highest BCUT2D eigenvalue weighted by atomic mass is 19.1. The standard InChI is InChI=1S/C7H13FN2O/c1-7(2,8)5-3-6(11)10-4-9-5/h5,9H,3-4H2,1-2H3,(H,10,11). The number of alkyl halides is 1. The first-order valence-corrected chi connectivity index (χ1v) is 3.69. The Balaban J connectivity index is 2.53. The van der Waals surface area contributed by atoms with E-state index in [1.54, 1.807) is 0 Å². The SMILES string of the molecule is CC(C)(F)C1CC(=O)NCN1. The Labute approximate surface area is 65.3 Å². The lowest BCUT2D eigenvalue weighted by Gasteiger charge is -2.31. The molecule has 1 rings (SSSR count). The second-order valence-electron chi connectivity index (χ2n) is 3.30. The summed E-state index contributed by atoms with van der Waals surface area (Å²) < 4.78 is 13.2. The average molecular weight is 160 g/mol. The van der Waals surface area contributed by atoms with Gasteiger partial charge in [-0.3, -0.25) is 10.1 Å². The van der Waals surface area contributed by atoms with Gasteiger partial charge in [-0.15, -0.1) is 0 Å². The molecule has 0 aromatic rings. The molecular weight excluding hydrogens is 147 g/mol. The molecule has 1 fully saturated rings. The summed E-state index contributed by atoms with van der Waals surface area (Å²) in [6.07, 6.45) is 0.226. The zero-order chi connectivity index (χ0) is 8.48. The Morgan fingerprint density at radius 3 is 2.64 bits per heavy atom. The highest BCUT2D eigenvalue weighted by Gasteiger charge is 2.32. The van der Waals surface area contributed by atoms with Crippen molar-refractivity contribution >= 4 is 5.91 Å². The summed E-state index contributed by atoms with van der Waals surface area (Å²) in [5.41, 5.74) is -1.32. The zero-order valence-electron chi connectivity index (χ0n) is 6.78. The molecule has 0 aromatic heterocycles. The molecule has 1 aliphatic heterocycles. The summed E-state index contributed by atoms with van der Waals surface area (Å²) in [7, 11) is 0. The van der Waals surface area contributed by atoms with E-state index in [4.69, 9.17) is 0 Å². The molecule has 1 unspecified atom stereocenters. The maximum Gasteiger partial charge on any atom is 0.222 e. The number of amides is 1. The predicted octanol–water partition coefficient (Wildman–Crippen LogP) is 0.170. The van der Waals surface area contributed by atoms with Gasteiger partial charge in [-0.25, -0.2) is 4.39 Å². The highest BCUT2D eigenvalue weighted by molar-refractivity contribution is 5.77. The summed E-state index contributed by atoms with van der Waals surface area (Å²) in [5, 5.41) is 5.45. The van der Waals surface area contributed by atoms with Crippen LogP contribution < -0.4 is 10.6 Å². The molecule has 1 aliphatic rings. The van der Waals surface area contributed by atoms with Gasteiger partial charge in [-0.1, -0.05) is 0 Å². The summed E-state index contributed by atoms with van der Waals surface area (Å²) >= 11 is 0. The smallest absolute Gasteiger partial charge is 0.222 e. The minimum atomic E-state index is -1.32. The normalized spacial score (nSPS) is 26.5. The van der Waals surface area contributed by atoms with Crippen molar-refractivity contribution in [2.24, 2.45) is 0 Å². The molecule has 0 bridgehead atoms. The fourth-order valence-corrected chi connectivity index (χ4v) is 1.09. The predicted molar refractivity (Wildman–Crippen MR) is 39.7 cm³/mol. The van der Waals surface area contributed by atoms with E-state index < -0.39 is 5.67 Å². The number of hydrogen-bond donors (Lipinski definition) is 2. The number of carbonyl (C=O) groups excluding carboxylic acids is 1. The molecule has 0 aromatic carbocycles. The summed E-state index contributed by atoms with van der Waals surface area (Å²) in [6.45, 7) is 3.32. The number of halogens is 1. The van der Waals surface area contributed by atoms with Gasteiger partial charge in [0.05, 0.1) is 12.7 Å². The van der Waals surface area contributed by atoms with E-state index in [1.807, 2.05) is 0 Å². The zero-order valence-corrected chi connectivity index (χ0v) is 6.78. The molecule has 1 atom stereocenters. The third-order valence-electron chi connectivity index (χ3n) is 1.85. The number of nitrogens with one attached hydrogen (secondary N) is 2. The van der Waals surface area contributed by atoms with Gasteiger partial charge in [-0.2, -0.15) is 0 Å². The van der Waals surface area contributed by atoms with E-state index in [1.165, 1.54) is 13.8 Å². The maximum absolute atomic E-state index is 13.2. The molecule has 4 heteroatoms. The van der Waals surface area contributed by atoms with Crippen LogP contribution in [0.2, 0.25) is 0 Å². The van der Waals surface area contributed by atoms with E-state index in [0.717, 1.165) is 0 Å². The van der Waals surface area contributed by atoms with Crippen LogP contribution in [0.4, 0.5) is 4.39 Å². The maximum atomic E-state index is 13.2. The van der Waals surface area contributed by atoms with E-state index in [0.29, 0.717) is 6.67 Å². The van der Waals surface area contributed by atoms with Crippen molar-refractivity contribution in [3.63, 3.8) is 0 Å². The van der Waals surface area contributed by atoms with Crippen molar-refractivity contribution in [3.8, 4) is 0 Å². The summed E-state index contributed by atoms with van der Waals surface area (Å²) in [4.78, 5) is 10.8. The van der Waals surface area contributed by atoms with E-state index in [2.05, 4.69) is 10.6 Å². The van der Waals surface area contributed by atoms with Crippen LogP contribution >= 0.6 is 0 Å². The lowest BCUT2D eigenvalue weighted by Crippen LogP contribution is -2.55. The summed E-state index contributed by atoms with van der Waals surface area (Å²) in [5.74, 6) is -0.0838. The van der Waals surface area contributed by atoms with Gasteiger partial charge in [-0.05, 0) is 13.8 Å². The first-order chi connectivity index (χ1) is 5.00. The van der Waals surface area contributed by atoms with Crippen LogP contribution in [0.5, 0.6) is 0 Å². The highest BCUT2D eigenvalue weighted by Crippen LogP contribution is 2.18. The minimum Gasteiger partial charge on any atom is -0.343 e. The van der Waals surface area contributed by atoms with Crippen molar-refractivity contribution in [2.75, 3.05) is 6.67 Å². The summed E-state index contributed by atoms with van der Waals surface area (Å²) in [6, 6.07) is -0.351. The van der Waals surface area contributed by atoms with Gasteiger partial charge in [0.1, 0.15) is 5.67 Å². The van der Waals surface area contributed by atoms with Crippen LogP contribution in [0, 0.1) is 0 Å². The third kappa shape index (κ3) is 2.15. The molecule has 1 saturated heterocycles.